The molecule has 0 saturated heterocycles. The minimum absolute atomic E-state index is 0.102. The molecule has 1 aliphatic rings. The molecule has 0 aliphatic heterocycles. The predicted molar refractivity (Wildman–Crippen MR) is 53.1 cm³/mol. The minimum atomic E-state index is -0.498. The van der Waals surface area contributed by atoms with Crippen molar-refractivity contribution < 1.29 is 14.0 Å². The average molecular weight is 206 g/mol. The molecule has 1 saturated carbocycles. The van der Waals surface area contributed by atoms with Gasteiger partial charge in [0.05, 0.1) is 5.56 Å². The van der Waals surface area contributed by atoms with Crippen molar-refractivity contribution >= 4 is 11.6 Å². The smallest absolute Gasteiger partial charge is 0.169 e. The summed E-state index contributed by atoms with van der Waals surface area (Å²) in [5.41, 5.74) is 0.109. The van der Waals surface area contributed by atoms with Gasteiger partial charge in [0.2, 0.25) is 0 Å². The first-order valence-corrected chi connectivity index (χ1v) is 4.99. The summed E-state index contributed by atoms with van der Waals surface area (Å²) in [7, 11) is 0. The summed E-state index contributed by atoms with van der Waals surface area (Å²) in [6, 6.07) is 5.92. The van der Waals surface area contributed by atoms with Gasteiger partial charge in [0.1, 0.15) is 11.6 Å². The first kappa shape index (κ1) is 10.0. The third kappa shape index (κ3) is 1.96. The first-order chi connectivity index (χ1) is 7.18. The lowest BCUT2D eigenvalue weighted by Gasteiger charge is -2.07. The lowest BCUT2D eigenvalue weighted by Crippen LogP contribution is -2.13. The average Bonchev–Trinajstić information content (AvgIpc) is 2.65. The topological polar surface area (TPSA) is 34.1 Å². The van der Waals surface area contributed by atoms with E-state index in [1.165, 1.54) is 12.1 Å². The molecule has 1 aliphatic carbocycles. The molecule has 0 bridgehead atoms. The van der Waals surface area contributed by atoms with Crippen LogP contribution in [0, 0.1) is 11.7 Å². The number of hydrogen-bond donors (Lipinski definition) is 0. The maximum Gasteiger partial charge on any atom is 0.169 e. The van der Waals surface area contributed by atoms with Crippen molar-refractivity contribution in [1.29, 1.82) is 0 Å². The van der Waals surface area contributed by atoms with Crippen LogP contribution >= 0.6 is 0 Å². The van der Waals surface area contributed by atoms with Crippen LogP contribution in [0.5, 0.6) is 0 Å². The summed E-state index contributed by atoms with van der Waals surface area (Å²) in [4.78, 5) is 22.8. The Hall–Kier alpha value is -1.51. The molecule has 0 radical (unpaired) electrons. The Kier molecular flexibility index (Phi) is 2.62. The van der Waals surface area contributed by atoms with Gasteiger partial charge in [-0.1, -0.05) is 12.1 Å². The fraction of sp³-hybridized carbons (Fsp3) is 0.333. The fourth-order valence-corrected chi connectivity index (χ4v) is 1.92. The van der Waals surface area contributed by atoms with Crippen molar-refractivity contribution in [3.8, 4) is 0 Å². The fourth-order valence-electron chi connectivity index (χ4n) is 1.92. The highest BCUT2D eigenvalue weighted by atomic mass is 19.1. The van der Waals surface area contributed by atoms with E-state index in [0.29, 0.717) is 12.8 Å². The summed E-state index contributed by atoms with van der Waals surface area (Å²) >= 11 is 0. The van der Waals surface area contributed by atoms with E-state index in [1.54, 1.807) is 12.1 Å². The van der Waals surface area contributed by atoms with E-state index in [4.69, 9.17) is 0 Å². The molecule has 78 valence electrons. The maximum absolute atomic E-state index is 13.3. The van der Waals surface area contributed by atoms with Crippen molar-refractivity contribution in [2.75, 3.05) is 0 Å². The quantitative estimate of drug-likeness (QED) is 0.696. The van der Waals surface area contributed by atoms with Gasteiger partial charge < -0.3 is 0 Å². The van der Waals surface area contributed by atoms with E-state index in [0.717, 1.165) is 0 Å². The number of rotatable bonds is 2. The van der Waals surface area contributed by atoms with Crippen LogP contribution in [0.3, 0.4) is 0 Å². The first-order valence-electron chi connectivity index (χ1n) is 4.99. The zero-order valence-electron chi connectivity index (χ0n) is 8.20. The van der Waals surface area contributed by atoms with Crippen LogP contribution in [0.1, 0.15) is 29.6 Å². The molecule has 2 rings (SSSR count). The van der Waals surface area contributed by atoms with Crippen molar-refractivity contribution in [2.45, 2.75) is 19.3 Å². The van der Waals surface area contributed by atoms with E-state index in [-0.39, 0.29) is 29.5 Å². The SMILES string of the molecule is O=C1CCC(C(=O)c2ccccc2F)C1. The Balaban J connectivity index is 2.21. The Morgan fingerprint density at radius 3 is 2.67 bits per heavy atom. The van der Waals surface area contributed by atoms with Crippen LogP contribution in [-0.2, 0) is 4.79 Å². The van der Waals surface area contributed by atoms with Crippen LogP contribution in [0.2, 0.25) is 0 Å². The van der Waals surface area contributed by atoms with Gasteiger partial charge in [-0.25, -0.2) is 4.39 Å². The molecule has 0 spiro atoms. The van der Waals surface area contributed by atoms with Crippen LogP contribution in [0.4, 0.5) is 4.39 Å². The zero-order chi connectivity index (χ0) is 10.8. The molecule has 3 heteroatoms. The van der Waals surface area contributed by atoms with Gasteiger partial charge in [-0.2, -0.15) is 0 Å². The van der Waals surface area contributed by atoms with Crippen molar-refractivity contribution in [3.63, 3.8) is 0 Å². The Bertz CT molecular complexity index is 412. The summed E-state index contributed by atoms with van der Waals surface area (Å²) in [6.45, 7) is 0. The molecule has 0 heterocycles. The Morgan fingerprint density at radius 1 is 1.33 bits per heavy atom. The highest BCUT2D eigenvalue weighted by Gasteiger charge is 2.29. The van der Waals surface area contributed by atoms with E-state index in [2.05, 4.69) is 0 Å². The zero-order valence-corrected chi connectivity index (χ0v) is 8.20. The molecule has 2 nitrogen and oxygen atoms in total. The second-order valence-corrected chi connectivity index (χ2v) is 3.82. The molecular weight excluding hydrogens is 195 g/mol. The largest absolute Gasteiger partial charge is 0.300 e. The van der Waals surface area contributed by atoms with Gasteiger partial charge in [-0.3, -0.25) is 9.59 Å². The van der Waals surface area contributed by atoms with Gasteiger partial charge in [0.15, 0.2) is 5.78 Å². The number of carbonyl (C=O) groups excluding carboxylic acids is 2. The molecule has 1 fully saturated rings. The number of hydrogen-bond acceptors (Lipinski definition) is 2. The summed E-state index contributed by atoms with van der Waals surface area (Å²) < 4.78 is 13.3. The van der Waals surface area contributed by atoms with Crippen LogP contribution in [0.15, 0.2) is 24.3 Å². The molecule has 1 unspecified atom stereocenters. The third-order valence-electron chi connectivity index (χ3n) is 2.76. The lowest BCUT2D eigenvalue weighted by atomic mass is 9.96. The number of Topliss-reactive ketones (excluding diaryl/α,β-unsaturated/α-hetero) is 2. The Morgan fingerprint density at radius 2 is 2.07 bits per heavy atom. The van der Waals surface area contributed by atoms with E-state index in [9.17, 15) is 14.0 Å². The van der Waals surface area contributed by atoms with Gasteiger partial charge in [0.25, 0.3) is 0 Å². The van der Waals surface area contributed by atoms with Crippen LogP contribution < -0.4 is 0 Å². The molecule has 15 heavy (non-hydrogen) atoms. The number of halogens is 1. The van der Waals surface area contributed by atoms with Gasteiger partial charge in [-0.15, -0.1) is 0 Å². The number of benzene rings is 1. The number of ketones is 2. The highest BCUT2D eigenvalue weighted by Crippen LogP contribution is 2.26. The highest BCUT2D eigenvalue weighted by molar-refractivity contribution is 6.01. The molecular formula is C12H11FO2. The van der Waals surface area contributed by atoms with Crippen molar-refractivity contribution in [2.24, 2.45) is 5.92 Å². The molecule has 1 aromatic carbocycles. The summed E-state index contributed by atoms with van der Waals surface area (Å²) in [5.74, 6) is -0.945. The van der Waals surface area contributed by atoms with E-state index >= 15 is 0 Å². The second kappa shape index (κ2) is 3.93. The predicted octanol–water partition coefficient (Wildman–Crippen LogP) is 2.38. The molecule has 1 aromatic rings. The summed E-state index contributed by atoms with van der Waals surface area (Å²) in [5, 5.41) is 0. The third-order valence-corrected chi connectivity index (χ3v) is 2.76. The van der Waals surface area contributed by atoms with Gasteiger partial charge in [0, 0.05) is 18.8 Å². The Labute approximate surface area is 87.1 Å². The lowest BCUT2D eigenvalue weighted by molar-refractivity contribution is -0.117. The van der Waals surface area contributed by atoms with E-state index < -0.39 is 5.82 Å². The van der Waals surface area contributed by atoms with Crippen molar-refractivity contribution in [1.82, 2.24) is 0 Å². The standard InChI is InChI=1S/C12H11FO2/c13-11-4-2-1-3-10(11)12(15)8-5-6-9(14)7-8/h1-4,8H,5-7H2. The van der Waals surface area contributed by atoms with Crippen molar-refractivity contribution in [3.05, 3.63) is 35.6 Å². The molecule has 0 N–H and O–H groups in total. The second-order valence-electron chi connectivity index (χ2n) is 3.82. The maximum atomic E-state index is 13.3. The van der Waals surface area contributed by atoms with Crippen LogP contribution in [-0.4, -0.2) is 11.6 Å². The summed E-state index contributed by atoms with van der Waals surface area (Å²) in [6.07, 6.45) is 1.28. The van der Waals surface area contributed by atoms with Gasteiger partial charge >= 0.3 is 0 Å². The monoisotopic (exact) mass is 206 g/mol. The van der Waals surface area contributed by atoms with E-state index in [1.807, 2.05) is 0 Å². The number of carbonyl (C=O) groups is 2. The minimum Gasteiger partial charge on any atom is -0.300 e. The van der Waals surface area contributed by atoms with Gasteiger partial charge in [-0.05, 0) is 18.6 Å². The normalized spacial score (nSPS) is 20.6. The van der Waals surface area contributed by atoms with Crippen LogP contribution in [0.25, 0.3) is 0 Å². The molecule has 1 atom stereocenters. The molecule has 0 aromatic heterocycles. The molecule has 0 amide bonds.